The zero-order chi connectivity index (χ0) is 12.7. The normalized spacial score (nSPS) is 9.71. The second-order valence-corrected chi connectivity index (χ2v) is 3.51. The summed E-state index contributed by atoms with van der Waals surface area (Å²) in [5, 5.41) is 2.74. The molecule has 0 saturated carbocycles. The third-order valence-electron chi connectivity index (χ3n) is 2.04. The molecule has 0 aliphatic heterocycles. The van der Waals surface area contributed by atoms with Gasteiger partial charge in [0.05, 0.1) is 5.56 Å². The maximum atomic E-state index is 11.8. The van der Waals surface area contributed by atoms with E-state index in [0.717, 1.165) is 6.42 Å². The number of nitrogens with one attached hydrogen (secondary N) is 1. The number of benzene rings is 1. The fraction of sp³-hybridized carbons (Fsp3) is 0.333. The minimum Gasteiger partial charge on any atom is -0.483 e. The van der Waals surface area contributed by atoms with Crippen molar-refractivity contribution in [2.24, 2.45) is 5.73 Å². The lowest BCUT2D eigenvalue weighted by atomic mass is 10.2. The number of carbonyl (C=O) groups is 2. The third kappa shape index (κ3) is 4.14. The largest absolute Gasteiger partial charge is 0.483 e. The number of primary amides is 1. The van der Waals surface area contributed by atoms with Crippen molar-refractivity contribution in [2.75, 3.05) is 13.2 Å². The number of rotatable bonds is 6. The number of para-hydroxylation sites is 1. The Labute approximate surface area is 99.9 Å². The van der Waals surface area contributed by atoms with Gasteiger partial charge in [0, 0.05) is 6.54 Å². The van der Waals surface area contributed by atoms with Crippen LogP contribution in [0.25, 0.3) is 0 Å². The lowest BCUT2D eigenvalue weighted by molar-refractivity contribution is -0.119. The average molecular weight is 236 g/mol. The van der Waals surface area contributed by atoms with Gasteiger partial charge in [-0.05, 0) is 18.6 Å². The number of amides is 2. The van der Waals surface area contributed by atoms with E-state index in [1.807, 2.05) is 6.92 Å². The quantitative estimate of drug-likeness (QED) is 0.762. The van der Waals surface area contributed by atoms with Gasteiger partial charge < -0.3 is 15.8 Å². The van der Waals surface area contributed by atoms with Crippen LogP contribution in [0.15, 0.2) is 24.3 Å². The Kier molecular flexibility index (Phi) is 5.00. The molecule has 0 fully saturated rings. The van der Waals surface area contributed by atoms with Crippen molar-refractivity contribution in [3.63, 3.8) is 0 Å². The number of hydrogen-bond acceptors (Lipinski definition) is 3. The Morgan fingerprint density at radius 2 is 2.06 bits per heavy atom. The zero-order valence-corrected chi connectivity index (χ0v) is 9.73. The number of carbonyl (C=O) groups excluding carboxylic acids is 2. The molecule has 0 bridgehead atoms. The van der Waals surface area contributed by atoms with Crippen LogP contribution in [0, 0.1) is 0 Å². The minimum atomic E-state index is -0.575. The van der Waals surface area contributed by atoms with Crippen molar-refractivity contribution in [1.29, 1.82) is 0 Å². The summed E-state index contributed by atoms with van der Waals surface area (Å²) < 4.78 is 5.16. The van der Waals surface area contributed by atoms with Crippen molar-refractivity contribution in [1.82, 2.24) is 5.32 Å². The SMILES string of the molecule is CCCNC(=O)c1ccccc1OCC(N)=O. The summed E-state index contributed by atoms with van der Waals surface area (Å²) >= 11 is 0. The van der Waals surface area contributed by atoms with Crippen LogP contribution in [0.2, 0.25) is 0 Å². The van der Waals surface area contributed by atoms with Crippen molar-refractivity contribution in [3.05, 3.63) is 29.8 Å². The molecule has 92 valence electrons. The van der Waals surface area contributed by atoms with E-state index in [0.29, 0.717) is 17.9 Å². The van der Waals surface area contributed by atoms with E-state index >= 15 is 0 Å². The molecule has 2 amide bonds. The van der Waals surface area contributed by atoms with Crippen LogP contribution in [0.5, 0.6) is 5.75 Å². The Morgan fingerprint density at radius 1 is 1.35 bits per heavy atom. The van der Waals surface area contributed by atoms with Crippen molar-refractivity contribution in [2.45, 2.75) is 13.3 Å². The van der Waals surface area contributed by atoms with Crippen LogP contribution in [0.1, 0.15) is 23.7 Å². The van der Waals surface area contributed by atoms with E-state index in [2.05, 4.69) is 5.32 Å². The van der Waals surface area contributed by atoms with Crippen molar-refractivity contribution >= 4 is 11.8 Å². The lowest BCUT2D eigenvalue weighted by Gasteiger charge is -2.09. The molecular weight excluding hydrogens is 220 g/mol. The summed E-state index contributed by atoms with van der Waals surface area (Å²) in [6.07, 6.45) is 0.857. The Morgan fingerprint density at radius 3 is 2.71 bits per heavy atom. The van der Waals surface area contributed by atoms with Gasteiger partial charge in [-0.25, -0.2) is 0 Å². The molecule has 1 rings (SSSR count). The minimum absolute atomic E-state index is 0.216. The van der Waals surface area contributed by atoms with Crippen LogP contribution in [-0.2, 0) is 4.79 Å². The van der Waals surface area contributed by atoms with Gasteiger partial charge in [0.2, 0.25) is 0 Å². The molecule has 0 saturated heterocycles. The predicted molar refractivity (Wildman–Crippen MR) is 63.8 cm³/mol. The van der Waals surface area contributed by atoms with Gasteiger partial charge in [-0.2, -0.15) is 0 Å². The molecule has 3 N–H and O–H groups in total. The van der Waals surface area contributed by atoms with E-state index in [4.69, 9.17) is 10.5 Å². The molecule has 0 aromatic heterocycles. The Bertz CT molecular complexity index is 404. The first-order chi connectivity index (χ1) is 8.15. The summed E-state index contributed by atoms with van der Waals surface area (Å²) in [4.78, 5) is 22.4. The van der Waals surface area contributed by atoms with Crippen LogP contribution in [0.4, 0.5) is 0 Å². The lowest BCUT2D eigenvalue weighted by Crippen LogP contribution is -2.26. The van der Waals surface area contributed by atoms with Gasteiger partial charge in [0.15, 0.2) is 6.61 Å². The van der Waals surface area contributed by atoms with E-state index < -0.39 is 5.91 Å². The summed E-state index contributed by atoms with van der Waals surface area (Å²) in [6.45, 7) is 2.33. The fourth-order valence-electron chi connectivity index (χ4n) is 1.26. The molecule has 0 atom stereocenters. The molecule has 0 unspecified atom stereocenters. The highest BCUT2D eigenvalue weighted by molar-refractivity contribution is 5.97. The molecule has 1 aromatic rings. The molecule has 0 heterocycles. The van der Waals surface area contributed by atoms with Gasteiger partial charge in [0.25, 0.3) is 11.8 Å². The Hall–Kier alpha value is -2.04. The Balaban J connectivity index is 2.76. The summed E-state index contributed by atoms with van der Waals surface area (Å²) in [6, 6.07) is 6.73. The summed E-state index contributed by atoms with van der Waals surface area (Å²) in [5.74, 6) is -0.430. The predicted octanol–water partition coefficient (Wildman–Crippen LogP) is 0.691. The number of hydrogen-bond donors (Lipinski definition) is 2. The van der Waals surface area contributed by atoms with Crippen molar-refractivity contribution in [3.8, 4) is 5.75 Å². The van der Waals surface area contributed by atoms with Crippen LogP contribution in [-0.4, -0.2) is 25.0 Å². The summed E-state index contributed by atoms with van der Waals surface area (Å²) in [5.41, 5.74) is 5.39. The smallest absolute Gasteiger partial charge is 0.255 e. The van der Waals surface area contributed by atoms with Crippen molar-refractivity contribution < 1.29 is 14.3 Å². The molecular formula is C12H16N2O3. The molecule has 0 aliphatic carbocycles. The second kappa shape index (κ2) is 6.52. The third-order valence-corrected chi connectivity index (χ3v) is 2.04. The molecule has 0 spiro atoms. The standard InChI is InChI=1S/C12H16N2O3/c1-2-7-14-12(16)9-5-3-4-6-10(9)17-8-11(13)15/h3-6H,2,7-8H2,1H3,(H2,13,15)(H,14,16). The molecule has 5 nitrogen and oxygen atoms in total. The first-order valence-corrected chi connectivity index (χ1v) is 5.43. The van der Waals surface area contributed by atoms with Gasteiger partial charge >= 0.3 is 0 Å². The second-order valence-electron chi connectivity index (χ2n) is 3.51. The maximum Gasteiger partial charge on any atom is 0.255 e. The highest BCUT2D eigenvalue weighted by Crippen LogP contribution is 2.17. The molecule has 1 aromatic carbocycles. The average Bonchev–Trinajstić information content (AvgIpc) is 2.33. The summed E-state index contributed by atoms with van der Waals surface area (Å²) in [7, 11) is 0. The van der Waals surface area contributed by atoms with E-state index in [-0.39, 0.29) is 12.5 Å². The first kappa shape index (κ1) is 13.0. The van der Waals surface area contributed by atoms with Crippen LogP contribution < -0.4 is 15.8 Å². The van der Waals surface area contributed by atoms with Gasteiger partial charge in [-0.3, -0.25) is 9.59 Å². The number of nitrogens with two attached hydrogens (primary N) is 1. The van der Waals surface area contributed by atoms with Crippen LogP contribution in [0.3, 0.4) is 0 Å². The maximum absolute atomic E-state index is 11.8. The molecule has 5 heteroatoms. The van der Waals surface area contributed by atoms with Gasteiger partial charge in [-0.1, -0.05) is 19.1 Å². The van der Waals surface area contributed by atoms with Gasteiger partial charge in [-0.15, -0.1) is 0 Å². The molecule has 0 aliphatic rings. The van der Waals surface area contributed by atoms with E-state index in [9.17, 15) is 9.59 Å². The molecule has 0 radical (unpaired) electrons. The highest BCUT2D eigenvalue weighted by atomic mass is 16.5. The monoisotopic (exact) mass is 236 g/mol. The van der Waals surface area contributed by atoms with E-state index in [1.165, 1.54) is 0 Å². The van der Waals surface area contributed by atoms with Crippen LogP contribution >= 0.6 is 0 Å². The van der Waals surface area contributed by atoms with E-state index in [1.54, 1.807) is 24.3 Å². The fourth-order valence-corrected chi connectivity index (χ4v) is 1.26. The highest BCUT2D eigenvalue weighted by Gasteiger charge is 2.11. The van der Waals surface area contributed by atoms with Gasteiger partial charge in [0.1, 0.15) is 5.75 Å². The topological polar surface area (TPSA) is 81.4 Å². The zero-order valence-electron chi connectivity index (χ0n) is 9.73. The molecule has 17 heavy (non-hydrogen) atoms. The number of ether oxygens (including phenoxy) is 1. The first-order valence-electron chi connectivity index (χ1n) is 5.43.